The molecule has 0 spiro atoms. The second-order valence-corrected chi connectivity index (χ2v) is 4.98. The smallest absolute Gasteiger partial charge is 0.387 e. The van der Waals surface area contributed by atoms with Gasteiger partial charge in [0.2, 0.25) is 5.91 Å². The summed E-state index contributed by atoms with van der Waals surface area (Å²) in [5.74, 6) is -0.198. The third-order valence-corrected chi connectivity index (χ3v) is 3.41. The van der Waals surface area contributed by atoms with Crippen LogP contribution in [0.4, 0.5) is 8.78 Å². The number of carbonyl (C=O) groups is 1. The minimum Gasteiger partial charge on any atom is -0.435 e. The van der Waals surface area contributed by atoms with E-state index in [1.807, 2.05) is 0 Å². The van der Waals surface area contributed by atoms with Crippen molar-refractivity contribution in [2.75, 3.05) is 13.2 Å². The van der Waals surface area contributed by atoms with E-state index in [-0.39, 0.29) is 18.2 Å². The number of nitrogens with two attached hydrogens (primary N) is 1. The Morgan fingerprint density at radius 2 is 2.14 bits per heavy atom. The van der Waals surface area contributed by atoms with E-state index < -0.39 is 12.2 Å². The largest absolute Gasteiger partial charge is 0.435 e. The molecule has 0 bridgehead atoms. The van der Waals surface area contributed by atoms with Gasteiger partial charge in [0, 0.05) is 19.8 Å². The van der Waals surface area contributed by atoms with Crippen molar-refractivity contribution >= 4 is 5.91 Å². The van der Waals surface area contributed by atoms with Crippen LogP contribution in [-0.2, 0) is 16.1 Å². The average molecular weight is 300 g/mol. The lowest BCUT2D eigenvalue weighted by molar-refractivity contribution is -0.129. The predicted octanol–water partition coefficient (Wildman–Crippen LogP) is 1.41. The average Bonchev–Trinajstić information content (AvgIpc) is 2.45. The van der Waals surface area contributed by atoms with Crippen LogP contribution in [0.3, 0.4) is 0 Å². The zero-order valence-corrected chi connectivity index (χ0v) is 11.5. The summed E-state index contributed by atoms with van der Waals surface area (Å²) >= 11 is 0. The summed E-state index contributed by atoms with van der Waals surface area (Å²) in [5, 5.41) is 2.73. The summed E-state index contributed by atoms with van der Waals surface area (Å²) in [7, 11) is 0. The van der Waals surface area contributed by atoms with Crippen molar-refractivity contribution in [3.63, 3.8) is 0 Å². The fourth-order valence-electron chi connectivity index (χ4n) is 2.15. The van der Waals surface area contributed by atoms with Crippen LogP contribution in [0, 0.1) is 0 Å². The predicted molar refractivity (Wildman–Crippen MR) is 71.9 cm³/mol. The molecule has 0 radical (unpaired) electrons. The molecule has 1 aliphatic rings. The third kappa shape index (κ3) is 4.37. The standard InChI is InChI=1S/C14H18F2N2O3/c15-13(16)21-11-3-1-2-10(8-11)9-18-12(19)14(17)4-6-20-7-5-14/h1-3,8,13H,4-7,9,17H2,(H,18,19). The van der Waals surface area contributed by atoms with Gasteiger partial charge in [-0.3, -0.25) is 4.79 Å². The van der Waals surface area contributed by atoms with Gasteiger partial charge in [-0.1, -0.05) is 12.1 Å². The van der Waals surface area contributed by atoms with Crippen LogP contribution in [0.5, 0.6) is 5.75 Å². The van der Waals surface area contributed by atoms with Crippen molar-refractivity contribution in [1.29, 1.82) is 0 Å². The molecular weight excluding hydrogens is 282 g/mol. The number of halogens is 2. The highest BCUT2D eigenvalue weighted by atomic mass is 19.3. The Labute approximate surface area is 121 Å². The molecule has 7 heteroatoms. The van der Waals surface area contributed by atoms with Crippen molar-refractivity contribution in [2.24, 2.45) is 5.73 Å². The Bertz CT molecular complexity index is 491. The number of hydrogen-bond acceptors (Lipinski definition) is 4. The van der Waals surface area contributed by atoms with Crippen LogP contribution in [0.1, 0.15) is 18.4 Å². The normalized spacial score (nSPS) is 17.5. The van der Waals surface area contributed by atoms with Crippen LogP contribution >= 0.6 is 0 Å². The van der Waals surface area contributed by atoms with E-state index in [9.17, 15) is 13.6 Å². The Kier molecular flexibility index (Phi) is 5.08. The van der Waals surface area contributed by atoms with E-state index in [0.717, 1.165) is 0 Å². The Morgan fingerprint density at radius 1 is 1.43 bits per heavy atom. The lowest BCUT2D eigenvalue weighted by atomic mass is 9.90. The molecule has 1 aromatic rings. The Hall–Kier alpha value is -1.73. The molecule has 1 aliphatic heterocycles. The summed E-state index contributed by atoms with van der Waals surface area (Å²) in [6, 6.07) is 6.19. The molecule has 0 unspecified atom stereocenters. The van der Waals surface area contributed by atoms with Gasteiger partial charge >= 0.3 is 6.61 Å². The van der Waals surface area contributed by atoms with Gasteiger partial charge in [0.05, 0.1) is 5.54 Å². The Balaban J connectivity index is 1.91. The minimum atomic E-state index is -2.87. The maximum Gasteiger partial charge on any atom is 0.387 e. The molecule has 0 saturated carbocycles. The number of nitrogens with one attached hydrogen (secondary N) is 1. The summed E-state index contributed by atoms with van der Waals surface area (Å²) in [6.45, 7) is -1.74. The SMILES string of the molecule is NC1(C(=O)NCc2cccc(OC(F)F)c2)CCOCC1. The topological polar surface area (TPSA) is 73.6 Å². The zero-order chi connectivity index (χ0) is 15.3. The quantitative estimate of drug-likeness (QED) is 0.862. The van der Waals surface area contributed by atoms with Crippen LogP contribution in [0.15, 0.2) is 24.3 Å². The van der Waals surface area contributed by atoms with E-state index in [2.05, 4.69) is 10.1 Å². The molecule has 5 nitrogen and oxygen atoms in total. The molecule has 2 rings (SSSR count). The highest BCUT2D eigenvalue weighted by Gasteiger charge is 2.35. The highest BCUT2D eigenvalue weighted by Crippen LogP contribution is 2.19. The number of amides is 1. The number of ether oxygens (including phenoxy) is 2. The monoisotopic (exact) mass is 300 g/mol. The molecule has 116 valence electrons. The summed E-state index contributed by atoms with van der Waals surface area (Å²) < 4.78 is 33.8. The summed E-state index contributed by atoms with van der Waals surface area (Å²) in [5.41, 5.74) is 5.79. The van der Waals surface area contributed by atoms with Crippen molar-refractivity contribution in [3.05, 3.63) is 29.8 Å². The van der Waals surface area contributed by atoms with E-state index in [4.69, 9.17) is 10.5 Å². The molecule has 3 N–H and O–H groups in total. The molecule has 1 amide bonds. The van der Waals surface area contributed by atoms with E-state index >= 15 is 0 Å². The molecule has 1 aromatic carbocycles. The number of carbonyl (C=O) groups excluding carboxylic acids is 1. The number of alkyl halides is 2. The second-order valence-electron chi connectivity index (χ2n) is 4.98. The van der Waals surface area contributed by atoms with Crippen molar-refractivity contribution in [2.45, 2.75) is 31.5 Å². The molecule has 0 atom stereocenters. The lowest BCUT2D eigenvalue weighted by Crippen LogP contribution is -2.56. The molecule has 1 saturated heterocycles. The van der Waals surface area contributed by atoms with Gasteiger partial charge in [0.1, 0.15) is 5.75 Å². The van der Waals surface area contributed by atoms with Crippen LogP contribution < -0.4 is 15.8 Å². The molecule has 21 heavy (non-hydrogen) atoms. The first-order valence-electron chi connectivity index (χ1n) is 6.68. The van der Waals surface area contributed by atoms with Gasteiger partial charge in [0.15, 0.2) is 0 Å². The first-order chi connectivity index (χ1) is 9.99. The van der Waals surface area contributed by atoms with Crippen molar-refractivity contribution in [3.8, 4) is 5.75 Å². The summed E-state index contributed by atoms with van der Waals surface area (Å²) in [6.07, 6.45) is 0.931. The number of hydrogen-bond donors (Lipinski definition) is 2. The van der Waals surface area contributed by atoms with Gasteiger partial charge in [-0.05, 0) is 30.5 Å². The fraction of sp³-hybridized carbons (Fsp3) is 0.500. The second kappa shape index (κ2) is 6.82. The molecular formula is C14H18F2N2O3. The molecule has 0 aromatic heterocycles. The highest BCUT2D eigenvalue weighted by molar-refractivity contribution is 5.86. The minimum absolute atomic E-state index is 0.0604. The number of benzene rings is 1. The lowest BCUT2D eigenvalue weighted by Gasteiger charge is -2.31. The maximum absolute atomic E-state index is 12.1. The van der Waals surface area contributed by atoms with E-state index in [0.29, 0.717) is 31.6 Å². The Morgan fingerprint density at radius 3 is 2.81 bits per heavy atom. The van der Waals surface area contributed by atoms with Gasteiger partial charge in [-0.25, -0.2) is 0 Å². The van der Waals surface area contributed by atoms with Gasteiger partial charge in [0.25, 0.3) is 0 Å². The third-order valence-electron chi connectivity index (χ3n) is 3.41. The molecule has 0 aliphatic carbocycles. The van der Waals surface area contributed by atoms with E-state index in [1.54, 1.807) is 12.1 Å². The summed E-state index contributed by atoms with van der Waals surface area (Å²) in [4.78, 5) is 12.1. The first kappa shape index (κ1) is 15.7. The van der Waals surface area contributed by atoms with Crippen LogP contribution in [0.2, 0.25) is 0 Å². The van der Waals surface area contributed by atoms with Gasteiger partial charge in [-0.15, -0.1) is 0 Å². The molecule has 1 fully saturated rings. The van der Waals surface area contributed by atoms with Crippen molar-refractivity contribution < 1.29 is 23.0 Å². The fourth-order valence-corrected chi connectivity index (χ4v) is 2.15. The molecule has 1 heterocycles. The zero-order valence-electron chi connectivity index (χ0n) is 11.5. The van der Waals surface area contributed by atoms with Crippen LogP contribution in [-0.4, -0.2) is 31.3 Å². The van der Waals surface area contributed by atoms with Crippen LogP contribution in [0.25, 0.3) is 0 Å². The maximum atomic E-state index is 12.1. The van der Waals surface area contributed by atoms with Gasteiger partial charge in [-0.2, -0.15) is 8.78 Å². The van der Waals surface area contributed by atoms with E-state index in [1.165, 1.54) is 12.1 Å². The van der Waals surface area contributed by atoms with Gasteiger partial charge < -0.3 is 20.5 Å². The van der Waals surface area contributed by atoms with Crippen molar-refractivity contribution in [1.82, 2.24) is 5.32 Å². The first-order valence-corrected chi connectivity index (χ1v) is 6.68. The number of rotatable bonds is 5.